The van der Waals surface area contributed by atoms with E-state index in [1.54, 1.807) is 32.0 Å². The van der Waals surface area contributed by atoms with Crippen molar-refractivity contribution in [2.24, 2.45) is 0 Å². The lowest BCUT2D eigenvalue weighted by Crippen LogP contribution is -2.38. The molecule has 0 unspecified atom stereocenters. The maximum Gasteiger partial charge on any atom is 0.277 e. The van der Waals surface area contributed by atoms with Gasteiger partial charge in [0.25, 0.3) is 5.91 Å². The van der Waals surface area contributed by atoms with E-state index >= 15 is 0 Å². The number of aliphatic hydroxyl groups excluding tert-OH is 1. The summed E-state index contributed by atoms with van der Waals surface area (Å²) < 4.78 is 28.8. The van der Waals surface area contributed by atoms with E-state index in [4.69, 9.17) is 21.5 Å². The van der Waals surface area contributed by atoms with Crippen LogP contribution in [0.15, 0.2) is 30.3 Å². The van der Waals surface area contributed by atoms with Crippen molar-refractivity contribution in [2.75, 3.05) is 11.9 Å². The van der Waals surface area contributed by atoms with Gasteiger partial charge in [-0.1, -0.05) is 11.6 Å². The van der Waals surface area contributed by atoms with Gasteiger partial charge in [0.15, 0.2) is 11.6 Å². The highest BCUT2D eigenvalue weighted by molar-refractivity contribution is 14.1. The Morgan fingerprint density at radius 1 is 1.31 bits per heavy atom. The first-order valence-corrected chi connectivity index (χ1v) is 8.89. The Morgan fingerprint density at radius 3 is 2.62 bits per heavy atom. The zero-order valence-corrected chi connectivity index (χ0v) is 16.8. The van der Waals surface area contributed by atoms with Crippen LogP contribution in [0.4, 0.5) is 20.2 Å². The van der Waals surface area contributed by atoms with Crippen molar-refractivity contribution in [1.29, 1.82) is 0 Å². The molecule has 0 aromatic heterocycles. The average molecular weight is 497 g/mol. The lowest BCUT2D eigenvalue weighted by Gasteiger charge is -2.22. The fraction of sp³-hybridized carbons (Fsp3) is 0.235. The van der Waals surface area contributed by atoms with Crippen LogP contribution in [-0.4, -0.2) is 23.2 Å². The molecule has 0 spiro atoms. The first-order chi connectivity index (χ1) is 12.1. The fourth-order valence-corrected chi connectivity index (χ4v) is 2.76. The van der Waals surface area contributed by atoms with Gasteiger partial charge in [-0.3, -0.25) is 9.63 Å². The van der Waals surface area contributed by atoms with Gasteiger partial charge in [0, 0.05) is 3.57 Å². The summed E-state index contributed by atoms with van der Waals surface area (Å²) in [4.78, 5) is 17.4. The molecule has 0 atom stereocenters. The number of aliphatic hydroxyl groups is 1. The Balaban J connectivity index is 2.36. The molecule has 26 heavy (non-hydrogen) atoms. The van der Waals surface area contributed by atoms with Crippen LogP contribution in [0.1, 0.15) is 24.2 Å². The number of nitrogens with one attached hydrogen (secondary N) is 2. The molecule has 1 amide bonds. The minimum Gasteiger partial charge on any atom is -0.393 e. The monoisotopic (exact) mass is 496 g/mol. The van der Waals surface area contributed by atoms with Gasteiger partial charge in [0.2, 0.25) is 0 Å². The van der Waals surface area contributed by atoms with Crippen LogP contribution >= 0.6 is 34.2 Å². The van der Waals surface area contributed by atoms with Gasteiger partial charge >= 0.3 is 0 Å². The summed E-state index contributed by atoms with van der Waals surface area (Å²) in [5, 5.41) is 12.1. The maximum absolute atomic E-state index is 14.3. The number of carbonyl (C=O) groups is 1. The third-order valence-electron chi connectivity index (χ3n) is 3.33. The molecule has 140 valence electrons. The number of halogens is 4. The Kier molecular flexibility index (Phi) is 6.78. The second kappa shape index (κ2) is 8.47. The fourth-order valence-electron chi connectivity index (χ4n) is 1.86. The highest BCUT2D eigenvalue weighted by Crippen LogP contribution is 2.31. The minimum absolute atomic E-state index is 0.188. The molecule has 2 aromatic carbocycles. The number of hydrogen-bond acceptors (Lipinski definition) is 4. The smallest absolute Gasteiger partial charge is 0.277 e. The number of carbonyl (C=O) groups excluding carboxylic acids is 1. The van der Waals surface area contributed by atoms with Crippen molar-refractivity contribution >= 4 is 51.5 Å². The molecular weight excluding hydrogens is 481 g/mol. The quantitative estimate of drug-likeness (QED) is 0.410. The highest BCUT2D eigenvalue weighted by Gasteiger charge is 2.23. The third-order valence-corrected chi connectivity index (χ3v) is 4.31. The van der Waals surface area contributed by atoms with Gasteiger partial charge in [0.1, 0.15) is 5.60 Å². The van der Waals surface area contributed by atoms with Crippen LogP contribution in [0.3, 0.4) is 0 Å². The van der Waals surface area contributed by atoms with Gasteiger partial charge in [-0.2, -0.15) is 0 Å². The van der Waals surface area contributed by atoms with E-state index in [9.17, 15) is 13.6 Å². The molecule has 0 aliphatic heterocycles. The first kappa shape index (κ1) is 20.8. The summed E-state index contributed by atoms with van der Waals surface area (Å²) in [6, 6.07) is 6.89. The van der Waals surface area contributed by atoms with Crippen LogP contribution < -0.4 is 10.8 Å². The predicted molar refractivity (Wildman–Crippen MR) is 104 cm³/mol. The summed E-state index contributed by atoms with van der Waals surface area (Å²) in [6.07, 6.45) is 0. The van der Waals surface area contributed by atoms with E-state index in [-0.39, 0.29) is 22.9 Å². The van der Waals surface area contributed by atoms with Crippen LogP contribution in [-0.2, 0) is 4.84 Å². The molecule has 0 saturated carbocycles. The number of amides is 1. The molecule has 3 N–H and O–H groups in total. The molecule has 5 nitrogen and oxygen atoms in total. The molecule has 0 heterocycles. The number of rotatable bonds is 6. The predicted octanol–water partition coefficient (Wildman–Crippen LogP) is 4.40. The van der Waals surface area contributed by atoms with Crippen LogP contribution in [0.25, 0.3) is 0 Å². The largest absolute Gasteiger partial charge is 0.393 e. The van der Waals surface area contributed by atoms with Crippen LogP contribution in [0.5, 0.6) is 0 Å². The molecular formula is C17H16ClF2IN2O3. The molecule has 2 rings (SSSR count). The van der Waals surface area contributed by atoms with E-state index < -0.39 is 23.1 Å². The third kappa shape index (κ3) is 5.03. The van der Waals surface area contributed by atoms with E-state index in [0.717, 1.165) is 15.7 Å². The SMILES string of the molecule is CC(C)(CO)ONC(=O)c1ccc(F)c(F)c1Nc1ccc(I)cc1Cl. The molecule has 9 heteroatoms. The Morgan fingerprint density at radius 2 is 2.00 bits per heavy atom. The van der Waals surface area contributed by atoms with Gasteiger partial charge in [-0.15, -0.1) is 0 Å². The molecule has 0 aliphatic rings. The molecule has 0 aliphatic carbocycles. The highest BCUT2D eigenvalue weighted by atomic mass is 127. The average Bonchev–Trinajstić information content (AvgIpc) is 2.59. The van der Waals surface area contributed by atoms with Crippen molar-refractivity contribution in [2.45, 2.75) is 19.4 Å². The van der Waals surface area contributed by atoms with Gasteiger partial charge in [0.05, 0.1) is 28.6 Å². The normalized spacial score (nSPS) is 11.3. The van der Waals surface area contributed by atoms with Crippen molar-refractivity contribution in [3.63, 3.8) is 0 Å². The molecule has 0 fully saturated rings. The Labute approximate surface area is 167 Å². The zero-order valence-electron chi connectivity index (χ0n) is 13.9. The van der Waals surface area contributed by atoms with Gasteiger partial charge in [-0.25, -0.2) is 14.3 Å². The standard InChI is InChI=1S/C17H16ClF2IN2O3/c1-17(2,8-24)26-23-16(25)10-4-5-12(19)14(20)15(10)22-13-6-3-9(21)7-11(13)18/h3-7,22,24H,8H2,1-2H3,(H,23,25). The van der Waals surface area contributed by atoms with Crippen molar-refractivity contribution in [1.82, 2.24) is 5.48 Å². The number of anilines is 2. The summed E-state index contributed by atoms with van der Waals surface area (Å²) >= 11 is 8.16. The second-order valence-electron chi connectivity index (χ2n) is 5.98. The summed E-state index contributed by atoms with van der Waals surface area (Å²) in [6.45, 7) is 2.74. The van der Waals surface area contributed by atoms with E-state index in [0.29, 0.717) is 5.69 Å². The number of benzene rings is 2. The summed E-state index contributed by atoms with van der Waals surface area (Å²) in [7, 11) is 0. The van der Waals surface area contributed by atoms with E-state index in [1.165, 1.54) is 0 Å². The molecule has 2 aromatic rings. The van der Waals surface area contributed by atoms with Crippen molar-refractivity contribution < 1.29 is 23.5 Å². The van der Waals surface area contributed by atoms with Crippen molar-refractivity contribution in [3.05, 3.63) is 56.1 Å². The minimum atomic E-state index is -1.23. The topological polar surface area (TPSA) is 70.6 Å². The second-order valence-corrected chi connectivity index (χ2v) is 7.64. The van der Waals surface area contributed by atoms with E-state index in [2.05, 4.69) is 33.4 Å². The molecule has 0 bridgehead atoms. The summed E-state index contributed by atoms with van der Waals surface area (Å²) in [5.74, 6) is -3.16. The first-order valence-electron chi connectivity index (χ1n) is 7.44. The number of hydroxylamine groups is 1. The number of hydrogen-bond donors (Lipinski definition) is 3. The lowest BCUT2D eigenvalue weighted by molar-refractivity contribution is -0.0956. The van der Waals surface area contributed by atoms with Crippen molar-refractivity contribution in [3.8, 4) is 0 Å². The molecule has 0 saturated heterocycles. The van der Waals surface area contributed by atoms with Gasteiger partial charge < -0.3 is 10.4 Å². The van der Waals surface area contributed by atoms with Crippen LogP contribution in [0, 0.1) is 15.2 Å². The maximum atomic E-state index is 14.3. The Hall–Kier alpha value is -1.49. The lowest BCUT2D eigenvalue weighted by atomic mass is 10.1. The van der Waals surface area contributed by atoms with E-state index in [1.807, 2.05) is 0 Å². The van der Waals surface area contributed by atoms with Gasteiger partial charge in [-0.05, 0) is 66.8 Å². The summed E-state index contributed by atoms with van der Waals surface area (Å²) in [5.41, 5.74) is 0.825. The Bertz CT molecular complexity index is 834. The zero-order chi connectivity index (χ0) is 19.5. The molecule has 0 radical (unpaired) electrons. The van der Waals surface area contributed by atoms with Crippen LogP contribution in [0.2, 0.25) is 5.02 Å².